The first-order valence-corrected chi connectivity index (χ1v) is 6.76. The fourth-order valence-corrected chi connectivity index (χ4v) is 1.98. The average molecular weight is 318 g/mol. The van der Waals surface area contributed by atoms with Crippen LogP contribution in [0.5, 0.6) is 0 Å². The third-order valence-electron chi connectivity index (χ3n) is 3.16. The number of pyridine rings is 1. The number of carboxylic acid groups (broad SMARTS) is 1. The lowest BCUT2D eigenvalue weighted by molar-refractivity contribution is 0.0689. The summed E-state index contributed by atoms with van der Waals surface area (Å²) < 4.78 is 18.1. The summed E-state index contributed by atoms with van der Waals surface area (Å²) in [4.78, 5) is 26.7. The molecular formula is C16H15FN2O4. The van der Waals surface area contributed by atoms with Crippen LogP contribution in [0.2, 0.25) is 0 Å². The number of ether oxygens (including phenoxy) is 1. The van der Waals surface area contributed by atoms with E-state index in [2.05, 4.69) is 10.3 Å². The van der Waals surface area contributed by atoms with E-state index >= 15 is 0 Å². The summed E-state index contributed by atoms with van der Waals surface area (Å²) in [6.45, 7) is 0.206. The molecule has 2 rings (SSSR count). The SMILES string of the molecule is COCC(NC(=O)c1ccc(C(=O)O)nc1)c1ccc(F)cc1. The molecule has 1 amide bonds. The summed E-state index contributed by atoms with van der Waals surface area (Å²) >= 11 is 0. The van der Waals surface area contributed by atoms with Crippen LogP contribution < -0.4 is 5.32 Å². The molecule has 1 heterocycles. The molecule has 0 aliphatic heterocycles. The van der Waals surface area contributed by atoms with Gasteiger partial charge in [0.15, 0.2) is 0 Å². The minimum atomic E-state index is -1.17. The van der Waals surface area contributed by atoms with Crippen LogP contribution >= 0.6 is 0 Å². The van der Waals surface area contributed by atoms with Crippen LogP contribution in [0.15, 0.2) is 42.6 Å². The van der Waals surface area contributed by atoms with Gasteiger partial charge in [0.1, 0.15) is 11.5 Å². The number of carbonyl (C=O) groups excluding carboxylic acids is 1. The molecule has 0 bridgehead atoms. The number of halogens is 1. The van der Waals surface area contributed by atoms with E-state index in [1.165, 1.54) is 37.6 Å². The zero-order valence-electron chi connectivity index (χ0n) is 12.3. The average Bonchev–Trinajstić information content (AvgIpc) is 2.55. The zero-order chi connectivity index (χ0) is 16.8. The van der Waals surface area contributed by atoms with E-state index in [0.717, 1.165) is 0 Å². The summed E-state index contributed by atoms with van der Waals surface area (Å²) in [5, 5.41) is 11.5. The second kappa shape index (κ2) is 7.46. The Morgan fingerprint density at radius 1 is 1.26 bits per heavy atom. The molecule has 120 valence electrons. The van der Waals surface area contributed by atoms with Crippen molar-refractivity contribution < 1.29 is 23.8 Å². The van der Waals surface area contributed by atoms with Gasteiger partial charge in [0.25, 0.3) is 5.91 Å². The van der Waals surface area contributed by atoms with Crippen LogP contribution in [-0.2, 0) is 4.74 Å². The van der Waals surface area contributed by atoms with Crippen molar-refractivity contribution in [3.05, 3.63) is 65.2 Å². The summed E-state index contributed by atoms with van der Waals surface area (Å²) in [6.07, 6.45) is 1.19. The fourth-order valence-electron chi connectivity index (χ4n) is 1.98. The lowest BCUT2D eigenvalue weighted by Crippen LogP contribution is -2.31. The first kappa shape index (κ1) is 16.6. The number of methoxy groups -OCH3 is 1. The second-order valence-corrected chi connectivity index (χ2v) is 4.77. The quantitative estimate of drug-likeness (QED) is 0.851. The Morgan fingerprint density at radius 2 is 1.96 bits per heavy atom. The molecule has 23 heavy (non-hydrogen) atoms. The normalized spacial score (nSPS) is 11.7. The zero-order valence-corrected chi connectivity index (χ0v) is 12.3. The number of carboxylic acids is 1. The van der Waals surface area contributed by atoms with Crippen LogP contribution in [0.4, 0.5) is 4.39 Å². The van der Waals surface area contributed by atoms with Gasteiger partial charge in [0, 0.05) is 13.3 Å². The van der Waals surface area contributed by atoms with Crippen molar-refractivity contribution in [1.82, 2.24) is 10.3 Å². The number of benzene rings is 1. The molecule has 0 saturated heterocycles. The molecule has 0 fully saturated rings. The van der Waals surface area contributed by atoms with Crippen molar-refractivity contribution >= 4 is 11.9 Å². The van der Waals surface area contributed by atoms with Crippen LogP contribution in [0.1, 0.15) is 32.5 Å². The van der Waals surface area contributed by atoms with Gasteiger partial charge >= 0.3 is 5.97 Å². The van der Waals surface area contributed by atoms with Gasteiger partial charge in [-0.2, -0.15) is 0 Å². The van der Waals surface area contributed by atoms with Crippen LogP contribution in [0.3, 0.4) is 0 Å². The highest BCUT2D eigenvalue weighted by Gasteiger charge is 2.16. The van der Waals surface area contributed by atoms with E-state index < -0.39 is 17.9 Å². The summed E-state index contributed by atoms with van der Waals surface area (Å²) in [5.74, 6) is -1.97. The number of rotatable bonds is 6. The van der Waals surface area contributed by atoms with Crippen molar-refractivity contribution in [2.24, 2.45) is 0 Å². The van der Waals surface area contributed by atoms with Crippen molar-refractivity contribution in [2.75, 3.05) is 13.7 Å². The van der Waals surface area contributed by atoms with Gasteiger partial charge in [-0.05, 0) is 29.8 Å². The topological polar surface area (TPSA) is 88.5 Å². The van der Waals surface area contributed by atoms with Crippen LogP contribution in [0, 0.1) is 5.82 Å². The Balaban J connectivity index is 2.14. The maximum Gasteiger partial charge on any atom is 0.354 e. The minimum absolute atomic E-state index is 0.145. The molecule has 2 aromatic rings. The van der Waals surface area contributed by atoms with E-state index in [9.17, 15) is 14.0 Å². The number of nitrogens with one attached hydrogen (secondary N) is 1. The molecule has 2 N–H and O–H groups in total. The van der Waals surface area contributed by atoms with E-state index in [1.807, 2.05) is 0 Å². The van der Waals surface area contributed by atoms with Gasteiger partial charge in [-0.3, -0.25) is 4.79 Å². The maximum atomic E-state index is 13.0. The first-order chi connectivity index (χ1) is 11.0. The van der Waals surface area contributed by atoms with Gasteiger partial charge < -0.3 is 15.2 Å². The van der Waals surface area contributed by atoms with E-state index in [1.54, 1.807) is 12.1 Å². The van der Waals surface area contributed by atoms with Crippen molar-refractivity contribution in [3.8, 4) is 0 Å². The van der Waals surface area contributed by atoms with Gasteiger partial charge in [-0.25, -0.2) is 14.2 Å². The highest BCUT2D eigenvalue weighted by atomic mass is 19.1. The summed E-state index contributed by atoms with van der Waals surface area (Å²) in [6, 6.07) is 7.88. The van der Waals surface area contributed by atoms with Gasteiger partial charge in [-0.15, -0.1) is 0 Å². The predicted octanol–water partition coefficient (Wildman–Crippen LogP) is 2.04. The minimum Gasteiger partial charge on any atom is -0.477 e. The van der Waals surface area contributed by atoms with E-state index in [4.69, 9.17) is 9.84 Å². The highest BCUT2D eigenvalue weighted by molar-refractivity contribution is 5.95. The molecular weight excluding hydrogens is 303 g/mol. The van der Waals surface area contributed by atoms with Crippen LogP contribution in [-0.4, -0.2) is 35.7 Å². The molecule has 0 saturated carbocycles. The smallest absolute Gasteiger partial charge is 0.354 e. The van der Waals surface area contributed by atoms with Crippen molar-refractivity contribution in [2.45, 2.75) is 6.04 Å². The number of carbonyl (C=O) groups is 2. The summed E-state index contributed by atoms with van der Waals surface area (Å²) in [5.41, 5.74) is 0.767. The molecule has 0 aliphatic carbocycles. The highest BCUT2D eigenvalue weighted by Crippen LogP contribution is 2.15. The molecule has 1 aromatic heterocycles. The Hall–Kier alpha value is -2.80. The lowest BCUT2D eigenvalue weighted by atomic mass is 10.1. The largest absolute Gasteiger partial charge is 0.477 e. The maximum absolute atomic E-state index is 13.0. The Bertz CT molecular complexity index is 686. The third-order valence-corrected chi connectivity index (χ3v) is 3.16. The van der Waals surface area contributed by atoms with Gasteiger partial charge in [0.05, 0.1) is 18.2 Å². The molecule has 6 nitrogen and oxygen atoms in total. The Morgan fingerprint density at radius 3 is 2.48 bits per heavy atom. The Kier molecular flexibility index (Phi) is 5.37. The molecule has 1 aromatic carbocycles. The molecule has 0 radical (unpaired) electrons. The van der Waals surface area contributed by atoms with Gasteiger partial charge in [0.2, 0.25) is 0 Å². The van der Waals surface area contributed by atoms with Crippen LogP contribution in [0.25, 0.3) is 0 Å². The lowest BCUT2D eigenvalue weighted by Gasteiger charge is -2.18. The molecule has 7 heteroatoms. The Labute approximate surface area is 131 Å². The molecule has 1 atom stereocenters. The second-order valence-electron chi connectivity index (χ2n) is 4.77. The number of hydrogen-bond acceptors (Lipinski definition) is 4. The third kappa shape index (κ3) is 4.33. The summed E-state index contributed by atoms with van der Waals surface area (Å²) in [7, 11) is 1.49. The molecule has 0 aliphatic rings. The fraction of sp³-hybridized carbons (Fsp3) is 0.188. The number of aromatic carboxylic acids is 1. The monoisotopic (exact) mass is 318 g/mol. The van der Waals surface area contributed by atoms with E-state index in [-0.39, 0.29) is 23.7 Å². The standard InChI is InChI=1S/C16H15FN2O4/c1-23-9-14(10-2-5-12(17)6-3-10)19-15(20)11-4-7-13(16(21)22)18-8-11/h2-8,14H,9H2,1H3,(H,19,20)(H,21,22). The molecule has 0 spiro atoms. The van der Waals surface area contributed by atoms with Crippen molar-refractivity contribution in [3.63, 3.8) is 0 Å². The van der Waals surface area contributed by atoms with Crippen molar-refractivity contribution in [1.29, 1.82) is 0 Å². The number of nitrogens with zero attached hydrogens (tertiary/aromatic N) is 1. The number of hydrogen-bond donors (Lipinski definition) is 2. The first-order valence-electron chi connectivity index (χ1n) is 6.76. The number of amides is 1. The van der Waals surface area contributed by atoms with Gasteiger partial charge in [-0.1, -0.05) is 12.1 Å². The van der Waals surface area contributed by atoms with E-state index in [0.29, 0.717) is 5.56 Å². The number of aromatic nitrogens is 1. The molecule has 1 unspecified atom stereocenters. The predicted molar refractivity (Wildman–Crippen MR) is 79.7 cm³/mol.